The van der Waals surface area contributed by atoms with Crippen molar-refractivity contribution in [3.05, 3.63) is 28.6 Å². The van der Waals surface area contributed by atoms with E-state index in [-0.39, 0.29) is 17.9 Å². The molecule has 2 atom stereocenters. The predicted molar refractivity (Wildman–Crippen MR) is 98.1 cm³/mol. The Hall–Kier alpha value is -1.46. The monoisotopic (exact) mass is 345 g/mol. The number of piperidine rings is 1. The van der Waals surface area contributed by atoms with Crippen molar-refractivity contribution in [2.45, 2.75) is 59.1 Å². The Labute approximate surface area is 150 Å². The van der Waals surface area contributed by atoms with Gasteiger partial charge in [0, 0.05) is 24.5 Å². The fourth-order valence-corrected chi connectivity index (χ4v) is 4.43. The van der Waals surface area contributed by atoms with E-state index in [0.717, 1.165) is 43.9 Å². The van der Waals surface area contributed by atoms with Crippen LogP contribution >= 0.6 is 0 Å². The third kappa shape index (κ3) is 4.39. The molecule has 0 saturated carbocycles. The van der Waals surface area contributed by atoms with Gasteiger partial charge in [-0.25, -0.2) is 0 Å². The van der Waals surface area contributed by atoms with Crippen LogP contribution in [0.3, 0.4) is 0 Å². The first-order valence-corrected chi connectivity index (χ1v) is 9.51. The minimum atomic E-state index is -0.197. The van der Waals surface area contributed by atoms with Crippen molar-refractivity contribution in [3.8, 4) is 0 Å². The Morgan fingerprint density at radius 1 is 1.28 bits per heavy atom. The second kappa shape index (κ2) is 7.83. The number of hydrogen-bond donors (Lipinski definition) is 1. The fraction of sp³-hybridized carbons (Fsp3) is 0.700. The van der Waals surface area contributed by atoms with Crippen LogP contribution in [0.1, 0.15) is 48.2 Å². The molecule has 5 heteroatoms. The molecule has 0 aromatic carbocycles. The summed E-state index contributed by atoms with van der Waals surface area (Å²) in [6.45, 7) is 10.2. The van der Waals surface area contributed by atoms with Gasteiger partial charge in [-0.2, -0.15) is 0 Å². The molecular formula is C20H31N3O2. The van der Waals surface area contributed by atoms with Gasteiger partial charge in [0.2, 0.25) is 5.91 Å². The summed E-state index contributed by atoms with van der Waals surface area (Å²) in [5.74, 6) is 0.360. The lowest BCUT2D eigenvalue weighted by Crippen LogP contribution is -2.37. The maximum absolute atomic E-state index is 11.5. The Morgan fingerprint density at radius 3 is 2.64 bits per heavy atom. The number of aryl methyl sites for hydroxylation is 3. The first kappa shape index (κ1) is 18.3. The molecule has 1 aromatic rings. The van der Waals surface area contributed by atoms with Crippen LogP contribution in [-0.4, -0.2) is 41.6 Å². The van der Waals surface area contributed by atoms with Gasteiger partial charge in [-0.1, -0.05) is 0 Å². The summed E-state index contributed by atoms with van der Waals surface area (Å²) in [6, 6.07) is 2.18. The Kier molecular flexibility index (Phi) is 5.74. The number of nitrogens with zero attached hydrogens (tertiary/aromatic N) is 2. The van der Waals surface area contributed by atoms with Crippen molar-refractivity contribution in [2.75, 3.05) is 19.7 Å². The topological polar surface area (TPSA) is 68.5 Å². The van der Waals surface area contributed by atoms with Gasteiger partial charge in [0.05, 0.1) is 12.0 Å². The zero-order valence-electron chi connectivity index (χ0n) is 15.8. The Morgan fingerprint density at radius 2 is 2.00 bits per heavy atom. The number of pyridine rings is 1. The van der Waals surface area contributed by atoms with Crippen molar-refractivity contribution >= 4 is 5.91 Å². The van der Waals surface area contributed by atoms with Crippen LogP contribution in [0.4, 0.5) is 0 Å². The molecule has 2 aliphatic rings. The van der Waals surface area contributed by atoms with E-state index >= 15 is 0 Å². The van der Waals surface area contributed by atoms with Crippen LogP contribution in [0, 0.1) is 32.6 Å². The highest BCUT2D eigenvalue weighted by Crippen LogP contribution is 2.31. The first-order chi connectivity index (χ1) is 11.9. The molecule has 1 amide bonds. The summed E-state index contributed by atoms with van der Waals surface area (Å²) in [5.41, 5.74) is 10.5. The molecule has 0 unspecified atom stereocenters. The Balaban J connectivity index is 1.52. The van der Waals surface area contributed by atoms with Crippen molar-refractivity contribution in [1.29, 1.82) is 0 Å². The summed E-state index contributed by atoms with van der Waals surface area (Å²) in [4.78, 5) is 18.7. The first-order valence-electron chi connectivity index (χ1n) is 9.51. The van der Waals surface area contributed by atoms with Crippen LogP contribution in [0.2, 0.25) is 0 Å². The number of rotatable bonds is 5. The van der Waals surface area contributed by atoms with E-state index in [0.29, 0.717) is 12.5 Å². The maximum Gasteiger partial charge on any atom is 0.223 e. The molecule has 5 nitrogen and oxygen atoms in total. The minimum absolute atomic E-state index is 0.0415. The molecule has 3 heterocycles. The number of likely N-dealkylation sites (tertiary alicyclic amines) is 1. The Bertz CT molecular complexity index is 600. The summed E-state index contributed by atoms with van der Waals surface area (Å²) in [7, 11) is 0. The van der Waals surface area contributed by atoms with Gasteiger partial charge in [0.1, 0.15) is 0 Å². The van der Waals surface area contributed by atoms with E-state index < -0.39 is 0 Å². The standard InChI is InChI=1S/C20H31N3O2/c1-13-10-14(2)22-15(3)18(13)12-23-7-4-16(5-8-23)11-19-17(20(21)24)6-9-25-19/h10,16-17,19H,4-9,11-12H2,1-3H3,(H2,21,24)/t17-,19-/m1/s1. The SMILES string of the molecule is Cc1cc(C)c(CN2CCC(C[C@H]3OCC[C@H]3C(N)=O)CC2)c(C)n1. The molecule has 2 saturated heterocycles. The number of hydrogen-bond acceptors (Lipinski definition) is 4. The van der Waals surface area contributed by atoms with Gasteiger partial charge in [-0.15, -0.1) is 0 Å². The summed E-state index contributed by atoms with van der Waals surface area (Å²) >= 11 is 0. The third-order valence-corrected chi connectivity index (χ3v) is 5.91. The van der Waals surface area contributed by atoms with E-state index in [1.165, 1.54) is 24.0 Å². The van der Waals surface area contributed by atoms with E-state index in [1.54, 1.807) is 0 Å². The second-order valence-electron chi connectivity index (χ2n) is 7.81. The van der Waals surface area contributed by atoms with Crippen molar-refractivity contribution in [1.82, 2.24) is 9.88 Å². The number of amides is 1. The quantitative estimate of drug-likeness (QED) is 0.890. The number of aromatic nitrogens is 1. The highest BCUT2D eigenvalue weighted by Gasteiger charge is 2.35. The summed E-state index contributed by atoms with van der Waals surface area (Å²) in [6.07, 6.45) is 4.15. The lowest BCUT2D eigenvalue weighted by molar-refractivity contribution is -0.123. The van der Waals surface area contributed by atoms with E-state index in [4.69, 9.17) is 10.5 Å². The highest BCUT2D eigenvalue weighted by molar-refractivity contribution is 5.77. The van der Waals surface area contributed by atoms with Crippen molar-refractivity contribution in [3.63, 3.8) is 0 Å². The zero-order valence-corrected chi connectivity index (χ0v) is 15.8. The van der Waals surface area contributed by atoms with E-state index in [1.807, 2.05) is 0 Å². The zero-order chi connectivity index (χ0) is 18.0. The second-order valence-corrected chi connectivity index (χ2v) is 7.81. The van der Waals surface area contributed by atoms with Gasteiger partial charge in [0.15, 0.2) is 0 Å². The molecule has 1 aromatic heterocycles. The number of primary amides is 1. The van der Waals surface area contributed by atoms with Gasteiger partial charge in [-0.05, 0) is 82.7 Å². The smallest absolute Gasteiger partial charge is 0.223 e. The van der Waals surface area contributed by atoms with Gasteiger partial charge in [-0.3, -0.25) is 14.7 Å². The molecule has 0 bridgehead atoms. The third-order valence-electron chi connectivity index (χ3n) is 5.91. The lowest BCUT2D eigenvalue weighted by Gasteiger charge is -2.34. The van der Waals surface area contributed by atoms with Gasteiger partial charge in [0.25, 0.3) is 0 Å². The molecule has 3 rings (SSSR count). The molecule has 0 aliphatic carbocycles. The maximum atomic E-state index is 11.5. The van der Waals surface area contributed by atoms with Gasteiger partial charge < -0.3 is 10.5 Å². The summed E-state index contributed by atoms with van der Waals surface area (Å²) in [5, 5.41) is 0. The number of carbonyl (C=O) groups is 1. The average Bonchev–Trinajstić information content (AvgIpc) is 3.01. The van der Waals surface area contributed by atoms with Crippen LogP contribution in [0.5, 0.6) is 0 Å². The fourth-order valence-electron chi connectivity index (χ4n) is 4.43. The van der Waals surface area contributed by atoms with Crippen LogP contribution in [0.15, 0.2) is 6.07 Å². The molecule has 25 heavy (non-hydrogen) atoms. The molecule has 2 fully saturated rings. The molecule has 138 valence electrons. The minimum Gasteiger partial charge on any atom is -0.377 e. The number of ether oxygens (including phenoxy) is 1. The van der Waals surface area contributed by atoms with Crippen molar-refractivity contribution < 1.29 is 9.53 Å². The normalized spacial score (nSPS) is 25.4. The molecule has 0 spiro atoms. The molecule has 2 aliphatic heterocycles. The van der Waals surface area contributed by atoms with Crippen LogP contribution in [0.25, 0.3) is 0 Å². The predicted octanol–water partition coefficient (Wildman–Crippen LogP) is 2.50. The number of carbonyl (C=O) groups excluding carboxylic acids is 1. The number of nitrogens with two attached hydrogens (primary N) is 1. The van der Waals surface area contributed by atoms with Gasteiger partial charge >= 0.3 is 0 Å². The van der Waals surface area contributed by atoms with Crippen LogP contribution < -0.4 is 5.73 Å². The molecule has 0 radical (unpaired) electrons. The summed E-state index contributed by atoms with van der Waals surface area (Å²) < 4.78 is 5.77. The largest absolute Gasteiger partial charge is 0.377 e. The molecule has 2 N–H and O–H groups in total. The highest BCUT2D eigenvalue weighted by atomic mass is 16.5. The van der Waals surface area contributed by atoms with Crippen LogP contribution in [-0.2, 0) is 16.1 Å². The average molecular weight is 345 g/mol. The van der Waals surface area contributed by atoms with E-state index in [9.17, 15) is 4.79 Å². The lowest BCUT2D eigenvalue weighted by atomic mass is 9.86. The van der Waals surface area contributed by atoms with Crippen molar-refractivity contribution in [2.24, 2.45) is 17.6 Å². The van der Waals surface area contributed by atoms with E-state index in [2.05, 4.69) is 36.7 Å². The molecular weight excluding hydrogens is 314 g/mol.